The fourth-order valence-electron chi connectivity index (χ4n) is 1.24. The number of sulfonamides is 1. The second-order valence-electron chi connectivity index (χ2n) is 3.45. The van der Waals surface area contributed by atoms with Gasteiger partial charge in [-0.05, 0) is 12.6 Å². The lowest BCUT2D eigenvalue weighted by Crippen LogP contribution is -2.32. The second-order valence-corrected chi connectivity index (χ2v) is 5.18. The van der Waals surface area contributed by atoms with E-state index in [1.807, 2.05) is 6.92 Å². The summed E-state index contributed by atoms with van der Waals surface area (Å²) < 4.78 is 64.1. The summed E-state index contributed by atoms with van der Waals surface area (Å²) in [5.74, 6) is -4.17. The van der Waals surface area contributed by atoms with Gasteiger partial charge in [0.25, 0.3) is 0 Å². The molecule has 0 bridgehead atoms. The fourth-order valence-corrected chi connectivity index (χ4v) is 2.34. The van der Waals surface area contributed by atoms with E-state index in [1.54, 1.807) is 0 Å². The number of halogens is 3. The number of rotatable bonds is 6. The molecular weight excluding hydrogens is 269 g/mol. The number of likely N-dealkylation sites (N-methyl/N-ethyl adjacent to an activating group) is 1. The van der Waals surface area contributed by atoms with Crippen LogP contribution in [-0.4, -0.2) is 28.1 Å². The van der Waals surface area contributed by atoms with Crippen molar-refractivity contribution in [3.8, 4) is 0 Å². The van der Waals surface area contributed by atoms with Crippen LogP contribution < -0.4 is 10.0 Å². The Balaban J connectivity index is 2.88. The van der Waals surface area contributed by atoms with Gasteiger partial charge in [0.1, 0.15) is 10.7 Å². The van der Waals surface area contributed by atoms with Gasteiger partial charge in [-0.15, -0.1) is 0 Å². The molecule has 0 aliphatic heterocycles. The van der Waals surface area contributed by atoms with Crippen molar-refractivity contribution in [1.29, 1.82) is 0 Å². The summed E-state index contributed by atoms with van der Waals surface area (Å²) in [6, 6.07) is 0.522. The van der Waals surface area contributed by atoms with Crippen molar-refractivity contribution in [2.75, 3.05) is 19.6 Å². The van der Waals surface area contributed by atoms with Crippen LogP contribution in [0.25, 0.3) is 0 Å². The molecule has 4 nitrogen and oxygen atoms in total. The van der Waals surface area contributed by atoms with Crippen LogP contribution in [0.15, 0.2) is 17.0 Å². The van der Waals surface area contributed by atoms with Gasteiger partial charge in [0, 0.05) is 19.2 Å². The summed E-state index contributed by atoms with van der Waals surface area (Å²) >= 11 is 0. The molecule has 0 heterocycles. The van der Waals surface area contributed by atoms with Crippen LogP contribution in [0.1, 0.15) is 6.92 Å². The van der Waals surface area contributed by atoms with Crippen LogP contribution in [0.4, 0.5) is 13.2 Å². The molecule has 8 heteroatoms. The largest absolute Gasteiger partial charge is 0.316 e. The van der Waals surface area contributed by atoms with Crippen molar-refractivity contribution in [3.63, 3.8) is 0 Å². The summed E-state index contributed by atoms with van der Waals surface area (Å²) in [6.07, 6.45) is 0. The van der Waals surface area contributed by atoms with Gasteiger partial charge in [-0.3, -0.25) is 0 Å². The molecule has 0 aliphatic rings. The summed E-state index contributed by atoms with van der Waals surface area (Å²) in [5.41, 5.74) is 0. The molecule has 0 radical (unpaired) electrons. The maximum absolute atomic E-state index is 13.3. The van der Waals surface area contributed by atoms with E-state index in [-0.39, 0.29) is 12.6 Å². The molecule has 0 saturated heterocycles. The second kappa shape index (κ2) is 6.17. The quantitative estimate of drug-likeness (QED) is 0.604. The first-order valence-electron chi connectivity index (χ1n) is 5.23. The zero-order valence-electron chi connectivity index (χ0n) is 9.63. The van der Waals surface area contributed by atoms with Crippen LogP contribution in [0, 0.1) is 17.5 Å². The van der Waals surface area contributed by atoms with E-state index in [2.05, 4.69) is 10.0 Å². The van der Waals surface area contributed by atoms with Gasteiger partial charge in [-0.1, -0.05) is 6.92 Å². The third-order valence-corrected chi connectivity index (χ3v) is 3.58. The number of benzene rings is 1. The third kappa shape index (κ3) is 3.69. The minimum Gasteiger partial charge on any atom is -0.316 e. The number of hydrogen-bond donors (Lipinski definition) is 2. The minimum atomic E-state index is -4.18. The maximum atomic E-state index is 13.3. The van der Waals surface area contributed by atoms with Gasteiger partial charge in [-0.25, -0.2) is 26.3 Å². The van der Waals surface area contributed by atoms with Crippen molar-refractivity contribution in [1.82, 2.24) is 10.0 Å². The molecule has 1 aromatic carbocycles. The highest BCUT2D eigenvalue weighted by Gasteiger charge is 2.21. The van der Waals surface area contributed by atoms with Gasteiger partial charge < -0.3 is 5.32 Å². The van der Waals surface area contributed by atoms with Crippen molar-refractivity contribution >= 4 is 10.0 Å². The Labute approximate surface area is 103 Å². The first-order valence-corrected chi connectivity index (χ1v) is 6.71. The van der Waals surface area contributed by atoms with Crippen LogP contribution in [0.3, 0.4) is 0 Å². The first kappa shape index (κ1) is 14.9. The highest BCUT2D eigenvalue weighted by Crippen LogP contribution is 2.18. The Morgan fingerprint density at radius 2 is 1.67 bits per heavy atom. The number of nitrogens with one attached hydrogen (secondary N) is 2. The summed E-state index contributed by atoms with van der Waals surface area (Å²) in [6.45, 7) is 2.86. The normalized spacial score (nSPS) is 11.8. The van der Waals surface area contributed by atoms with E-state index in [0.717, 1.165) is 0 Å². The minimum absolute atomic E-state index is 0.0224. The first-order chi connectivity index (χ1) is 8.38. The Kier molecular flexibility index (Phi) is 5.12. The molecule has 0 spiro atoms. The smallest absolute Gasteiger partial charge is 0.243 e. The zero-order chi connectivity index (χ0) is 13.8. The molecule has 0 amide bonds. The average Bonchev–Trinajstić information content (AvgIpc) is 2.29. The molecule has 0 saturated carbocycles. The Morgan fingerprint density at radius 3 is 2.28 bits per heavy atom. The molecule has 0 aromatic heterocycles. The lowest BCUT2D eigenvalue weighted by atomic mass is 10.3. The lowest BCUT2D eigenvalue weighted by Gasteiger charge is -2.08. The fraction of sp³-hybridized carbons (Fsp3) is 0.400. The Bertz CT molecular complexity index is 520. The van der Waals surface area contributed by atoms with Gasteiger partial charge in [0.2, 0.25) is 10.0 Å². The van der Waals surface area contributed by atoms with Crippen molar-refractivity contribution in [2.24, 2.45) is 0 Å². The molecule has 18 heavy (non-hydrogen) atoms. The third-order valence-electron chi connectivity index (χ3n) is 2.11. The molecule has 1 aromatic rings. The van der Waals surface area contributed by atoms with E-state index < -0.39 is 32.4 Å². The molecule has 2 N–H and O–H groups in total. The van der Waals surface area contributed by atoms with Gasteiger partial charge in [0.05, 0.1) is 0 Å². The zero-order valence-corrected chi connectivity index (χ0v) is 10.5. The number of hydrogen-bond acceptors (Lipinski definition) is 3. The molecule has 1 rings (SSSR count). The van der Waals surface area contributed by atoms with Crippen LogP contribution in [0.2, 0.25) is 0 Å². The molecule has 102 valence electrons. The van der Waals surface area contributed by atoms with E-state index in [1.165, 1.54) is 0 Å². The lowest BCUT2D eigenvalue weighted by molar-refractivity contribution is 0.481. The highest BCUT2D eigenvalue weighted by molar-refractivity contribution is 7.89. The summed E-state index contributed by atoms with van der Waals surface area (Å²) in [7, 11) is -4.18. The van der Waals surface area contributed by atoms with Gasteiger partial charge in [-0.2, -0.15) is 0 Å². The molecule has 0 unspecified atom stereocenters. The van der Waals surface area contributed by atoms with Crippen molar-refractivity contribution in [2.45, 2.75) is 11.8 Å². The molecule has 0 atom stereocenters. The Hall–Kier alpha value is -1.12. The monoisotopic (exact) mass is 282 g/mol. The average molecular weight is 282 g/mol. The van der Waals surface area contributed by atoms with Gasteiger partial charge in [0.15, 0.2) is 11.6 Å². The summed E-state index contributed by atoms with van der Waals surface area (Å²) in [4.78, 5) is -0.905. The van der Waals surface area contributed by atoms with Gasteiger partial charge >= 0.3 is 0 Å². The highest BCUT2D eigenvalue weighted by atomic mass is 32.2. The molecule has 0 aliphatic carbocycles. The van der Waals surface area contributed by atoms with Crippen molar-refractivity contribution < 1.29 is 21.6 Å². The summed E-state index contributed by atoms with van der Waals surface area (Å²) in [5, 5.41) is 2.85. The molecular formula is C10H13F3N2O2S. The maximum Gasteiger partial charge on any atom is 0.243 e. The van der Waals surface area contributed by atoms with Crippen LogP contribution >= 0.6 is 0 Å². The predicted molar refractivity (Wildman–Crippen MR) is 60.0 cm³/mol. The van der Waals surface area contributed by atoms with E-state index in [4.69, 9.17) is 0 Å². The standard InChI is InChI=1S/C10H13F3N2O2S/c1-2-14-3-4-15-18(16,17)10-6-8(12)7(11)5-9(10)13/h5-6,14-15H,2-4H2,1H3. The van der Waals surface area contributed by atoms with E-state index >= 15 is 0 Å². The SMILES string of the molecule is CCNCCNS(=O)(=O)c1cc(F)c(F)cc1F. The topological polar surface area (TPSA) is 58.2 Å². The Morgan fingerprint density at radius 1 is 1.06 bits per heavy atom. The van der Waals surface area contributed by atoms with Crippen molar-refractivity contribution in [3.05, 3.63) is 29.6 Å². The van der Waals surface area contributed by atoms with E-state index in [0.29, 0.717) is 19.2 Å². The molecule has 0 fully saturated rings. The van der Waals surface area contributed by atoms with Crippen LogP contribution in [-0.2, 0) is 10.0 Å². The van der Waals surface area contributed by atoms with Crippen LogP contribution in [0.5, 0.6) is 0 Å². The van der Waals surface area contributed by atoms with E-state index in [9.17, 15) is 21.6 Å². The predicted octanol–water partition coefficient (Wildman–Crippen LogP) is 0.992.